The van der Waals surface area contributed by atoms with Crippen LogP contribution < -0.4 is 16.0 Å². The van der Waals surface area contributed by atoms with Gasteiger partial charge in [0, 0.05) is 25.1 Å². The summed E-state index contributed by atoms with van der Waals surface area (Å²) in [5, 5.41) is 16.4. The molecule has 1 aliphatic heterocycles. The van der Waals surface area contributed by atoms with Crippen LogP contribution in [0.3, 0.4) is 0 Å². The van der Waals surface area contributed by atoms with Crippen LogP contribution in [0.5, 0.6) is 0 Å². The van der Waals surface area contributed by atoms with E-state index < -0.39 is 24.0 Å². The van der Waals surface area contributed by atoms with Crippen molar-refractivity contribution in [2.45, 2.75) is 70.4 Å². The molecule has 176 valence electrons. The summed E-state index contributed by atoms with van der Waals surface area (Å²) < 4.78 is 0. The lowest BCUT2D eigenvalue weighted by Crippen LogP contribution is -2.61. The molecule has 2 atom stereocenters. The average molecular weight is 450 g/mol. The minimum Gasteiger partial charge on any atom is -0.478 e. The number of hydrogen-bond donors (Lipinski definition) is 4. The number of piperazine rings is 1. The molecular formula is C22H31N3O7. The predicted molar refractivity (Wildman–Crippen MR) is 115 cm³/mol. The Bertz CT molecular complexity index is 709. The number of allylic oxidation sites excluding steroid dienone is 2. The fraction of sp³-hybridized carbons (Fsp3) is 0.545. The molecule has 0 aliphatic carbocycles. The zero-order chi connectivity index (χ0) is 23.9. The molecule has 1 aliphatic rings. The fourth-order valence-electron chi connectivity index (χ4n) is 3.09. The van der Waals surface area contributed by atoms with Gasteiger partial charge in [-0.3, -0.25) is 24.0 Å². The summed E-state index contributed by atoms with van der Waals surface area (Å²) in [7, 11) is 0. The molecule has 3 amide bonds. The van der Waals surface area contributed by atoms with E-state index in [1.165, 1.54) is 19.1 Å². The molecule has 0 aromatic carbocycles. The molecule has 10 heteroatoms. The predicted octanol–water partition coefficient (Wildman–Crippen LogP) is 0.562. The molecule has 2 unspecified atom stereocenters. The van der Waals surface area contributed by atoms with Crippen LogP contribution in [0, 0.1) is 0 Å². The first-order valence-electron chi connectivity index (χ1n) is 10.7. The maximum atomic E-state index is 12.2. The monoisotopic (exact) mass is 449 g/mol. The Morgan fingerprint density at radius 1 is 0.844 bits per heavy atom. The largest absolute Gasteiger partial charge is 0.478 e. The van der Waals surface area contributed by atoms with Crippen LogP contribution in [0.2, 0.25) is 0 Å². The standard InChI is InChI=1S/C22H31N3O7/c1-15(26)10-11-16(27)7-3-2-4-8-17-21(31)25-18(22(32)24-17)9-5-6-14-23-19(28)12-13-20(29)30/h10-13,17-18H,2-9,14H2,1H3,(H,23,28)(H,24,32)(H,25,31)(H,29,30)/b11-10+,13-12+. The Balaban J connectivity index is 2.20. The number of aliphatic carboxylic acids is 1. The van der Waals surface area contributed by atoms with Crippen LogP contribution in [0.4, 0.5) is 0 Å². The molecule has 0 saturated carbocycles. The van der Waals surface area contributed by atoms with E-state index in [0.29, 0.717) is 51.5 Å². The lowest BCUT2D eigenvalue weighted by atomic mass is 10.00. The molecule has 4 N–H and O–H groups in total. The van der Waals surface area contributed by atoms with Gasteiger partial charge in [-0.1, -0.05) is 12.8 Å². The summed E-state index contributed by atoms with van der Waals surface area (Å²) in [6.45, 7) is 1.71. The van der Waals surface area contributed by atoms with Gasteiger partial charge in [-0.15, -0.1) is 0 Å². The van der Waals surface area contributed by atoms with Gasteiger partial charge in [-0.25, -0.2) is 4.79 Å². The molecule has 1 heterocycles. The van der Waals surface area contributed by atoms with Gasteiger partial charge in [0.25, 0.3) is 0 Å². The number of carbonyl (C=O) groups is 6. The maximum absolute atomic E-state index is 12.2. The molecule has 0 radical (unpaired) electrons. The number of hydrogen-bond acceptors (Lipinski definition) is 6. The number of nitrogens with one attached hydrogen (secondary N) is 3. The third-order valence-electron chi connectivity index (χ3n) is 4.78. The summed E-state index contributed by atoms with van der Waals surface area (Å²) in [5.41, 5.74) is 0. The van der Waals surface area contributed by atoms with Crippen LogP contribution in [0.25, 0.3) is 0 Å². The Hall–Kier alpha value is -3.30. The fourth-order valence-corrected chi connectivity index (χ4v) is 3.09. The third-order valence-corrected chi connectivity index (χ3v) is 4.78. The van der Waals surface area contributed by atoms with E-state index in [9.17, 15) is 28.8 Å². The molecule has 0 aromatic heterocycles. The topological polar surface area (TPSA) is 159 Å². The third kappa shape index (κ3) is 11.8. The van der Waals surface area contributed by atoms with Crippen LogP contribution in [0.15, 0.2) is 24.3 Å². The molecule has 1 fully saturated rings. The average Bonchev–Trinajstić information content (AvgIpc) is 2.73. The van der Waals surface area contributed by atoms with Crippen LogP contribution in [0.1, 0.15) is 58.3 Å². The summed E-state index contributed by atoms with van der Waals surface area (Å²) in [4.78, 5) is 68.5. The van der Waals surface area contributed by atoms with Crippen molar-refractivity contribution in [1.82, 2.24) is 16.0 Å². The second-order valence-corrected chi connectivity index (χ2v) is 7.59. The zero-order valence-electron chi connectivity index (χ0n) is 18.2. The lowest BCUT2D eigenvalue weighted by molar-refractivity contribution is -0.137. The van der Waals surface area contributed by atoms with Crippen molar-refractivity contribution >= 4 is 35.3 Å². The van der Waals surface area contributed by atoms with Crippen molar-refractivity contribution in [2.24, 2.45) is 0 Å². The highest BCUT2D eigenvalue weighted by atomic mass is 16.4. The van der Waals surface area contributed by atoms with Crippen molar-refractivity contribution in [3.8, 4) is 0 Å². The number of ketones is 2. The summed E-state index contributed by atoms with van der Waals surface area (Å²) in [6.07, 6.45) is 8.70. The first-order chi connectivity index (χ1) is 15.2. The minimum atomic E-state index is -1.20. The Morgan fingerprint density at radius 2 is 1.44 bits per heavy atom. The van der Waals surface area contributed by atoms with Crippen molar-refractivity contribution in [3.05, 3.63) is 24.3 Å². The van der Waals surface area contributed by atoms with Crippen molar-refractivity contribution < 1.29 is 33.9 Å². The first-order valence-corrected chi connectivity index (χ1v) is 10.7. The van der Waals surface area contributed by atoms with E-state index in [4.69, 9.17) is 5.11 Å². The van der Waals surface area contributed by atoms with Crippen molar-refractivity contribution in [3.63, 3.8) is 0 Å². The highest BCUT2D eigenvalue weighted by molar-refractivity contribution is 5.98. The van der Waals surface area contributed by atoms with E-state index >= 15 is 0 Å². The van der Waals surface area contributed by atoms with Gasteiger partial charge in [0.2, 0.25) is 17.7 Å². The summed E-state index contributed by atoms with van der Waals surface area (Å²) >= 11 is 0. The van der Waals surface area contributed by atoms with Gasteiger partial charge < -0.3 is 21.1 Å². The van der Waals surface area contributed by atoms with Gasteiger partial charge >= 0.3 is 5.97 Å². The van der Waals surface area contributed by atoms with Gasteiger partial charge in [-0.05, 0) is 51.2 Å². The molecular weight excluding hydrogens is 418 g/mol. The normalized spacial score (nSPS) is 18.4. The number of carboxylic acid groups (broad SMARTS) is 1. The summed E-state index contributed by atoms with van der Waals surface area (Å²) in [5.74, 6) is -2.47. The zero-order valence-corrected chi connectivity index (χ0v) is 18.2. The quantitative estimate of drug-likeness (QED) is 0.210. The Morgan fingerprint density at radius 3 is 2.00 bits per heavy atom. The van der Waals surface area contributed by atoms with E-state index in [1.54, 1.807) is 0 Å². The van der Waals surface area contributed by atoms with E-state index in [2.05, 4.69) is 16.0 Å². The second-order valence-electron chi connectivity index (χ2n) is 7.59. The molecule has 0 aromatic rings. The first kappa shape index (κ1) is 26.7. The number of amides is 3. The molecule has 10 nitrogen and oxygen atoms in total. The minimum absolute atomic E-state index is 0.108. The summed E-state index contributed by atoms with van der Waals surface area (Å²) in [6, 6.07) is -1.21. The molecule has 1 saturated heterocycles. The van der Waals surface area contributed by atoms with Crippen molar-refractivity contribution in [1.29, 1.82) is 0 Å². The van der Waals surface area contributed by atoms with Crippen LogP contribution in [-0.4, -0.2) is 59.0 Å². The van der Waals surface area contributed by atoms with Crippen LogP contribution in [-0.2, 0) is 28.8 Å². The van der Waals surface area contributed by atoms with E-state index in [0.717, 1.165) is 18.6 Å². The smallest absolute Gasteiger partial charge is 0.328 e. The number of rotatable bonds is 15. The maximum Gasteiger partial charge on any atom is 0.328 e. The highest BCUT2D eigenvalue weighted by Gasteiger charge is 2.32. The van der Waals surface area contributed by atoms with Crippen LogP contribution >= 0.6 is 0 Å². The Labute approximate surface area is 186 Å². The number of carbonyl (C=O) groups excluding carboxylic acids is 5. The van der Waals surface area contributed by atoms with Gasteiger partial charge in [0.1, 0.15) is 12.1 Å². The van der Waals surface area contributed by atoms with Crippen molar-refractivity contribution in [2.75, 3.05) is 6.54 Å². The number of unbranched alkanes of at least 4 members (excludes halogenated alkanes) is 3. The Kier molecular flexibility index (Phi) is 12.2. The molecule has 1 rings (SSSR count). The van der Waals surface area contributed by atoms with E-state index in [-0.39, 0.29) is 23.4 Å². The molecule has 32 heavy (non-hydrogen) atoms. The SMILES string of the molecule is CC(=O)/C=C/C(=O)CCCCCC1NC(=O)C(CCCCNC(=O)/C=C/C(=O)O)NC1=O. The second kappa shape index (κ2) is 14.7. The molecule has 0 bridgehead atoms. The molecule has 0 spiro atoms. The van der Waals surface area contributed by atoms with Gasteiger partial charge in [0.15, 0.2) is 11.6 Å². The van der Waals surface area contributed by atoms with Gasteiger partial charge in [-0.2, -0.15) is 0 Å². The van der Waals surface area contributed by atoms with Gasteiger partial charge in [0.05, 0.1) is 0 Å². The van der Waals surface area contributed by atoms with E-state index in [1.807, 2.05) is 0 Å². The number of carboxylic acids is 1. The highest BCUT2D eigenvalue weighted by Crippen LogP contribution is 2.12. The lowest BCUT2D eigenvalue weighted by Gasteiger charge is -2.29.